The Morgan fingerprint density at radius 1 is 1.10 bits per heavy atom. The van der Waals surface area contributed by atoms with E-state index in [9.17, 15) is 13.2 Å². The Kier molecular flexibility index (Phi) is 4.20. The molecule has 0 spiro atoms. The highest BCUT2D eigenvalue weighted by Gasteiger charge is 2.30. The maximum Gasteiger partial charge on any atom is 0.416 e. The molecule has 1 nitrogen and oxygen atoms in total. The van der Waals surface area contributed by atoms with Crippen molar-refractivity contribution in [3.63, 3.8) is 0 Å². The molecule has 0 bridgehead atoms. The summed E-state index contributed by atoms with van der Waals surface area (Å²) in [6, 6.07) is 10.1. The number of hydrogen-bond acceptors (Lipinski definition) is 1. The third-order valence-electron chi connectivity index (χ3n) is 3.06. The van der Waals surface area contributed by atoms with Crippen LogP contribution in [0.25, 0.3) is 0 Å². The number of alkyl halides is 3. The molecule has 0 saturated carbocycles. The van der Waals surface area contributed by atoms with Gasteiger partial charge in [0.1, 0.15) is 0 Å². The molecular weight excluding hydrogens is 331 g/mol. The van der Waals surface area contributed by atoms with Crippen molar-refractivity contribution in [2.24, 2.45) is 5.73 Å². The minimum absolute atomic E-state index is 0.436. The summed E-state index contributed by atoms with van der Waals surface area (Å²) >= 11 is 3.38. The lowest BCUT2D eigenvalue weighted by atomic mass is 9.97. The highest BCUT2D eigenvalue weighted by molar-refractivity contribution is 9.10. The van der Waals surface area contributed by atoms with Crippen LogP contribution < -0.4 is 5.73 Å². The number of nitrogens with two attached hydrogens (primary N) is 1. The Hall–Kier alpha value is -1.33. The van der Waals surface area contributed by atoms with Gasteiger partial charge in [0.2, 0.25) is 0 Å². The van der Waals surface area contributed by atoms with E-state index in [0.29, 0.717) is 5.56 Å². The molecule has 2 aromatic rings. The zero-order valence-corrected chi connectivity index (χ0v) is 12.3. The first-order valence-electron chi connectivity index (χ1n) is 5.98. The highest BCUT2D eigenvalue weighted by Crippen LogP contribution is 2.33. The van der Waals surface area contributed by atoms with Crippen molar-refractivity contribution < 1.29 is 13.2 Å². The first-order valence-corrected chi connectivity index (χ1v) is 6.77. The minimum atomic E-state index is -4.36. The molecular formula is C15H13BrF3N. The average molecular weight is 344 g/mol. The lowest BCUT2D eigenvalue weighted by molar-refractivity contribution is -0.137. The Balaban J connectivity index is 2.43. The summed E-state index contributed by atoms with van der Waals surface area (Å²) in [4.78, 5) is 0. The summed E-state index contributed by atoms with van der Waals surface area (Å²) in [6.07, 6.45) is -4.36. The largest absolute Gasteiger partial charge is 0.416 e. The van der Waals surface area contributed by atoms with E-state index in [0.717, 1.165) is 27.7 Å². The second kappa shape index (κ2) is 5.58. The van der Waals surface area contributed by atoms with Crippen molar-refractivity contribution in [1.29, 1.82) is 0 Å². The molecule has 2 aromatic carbocycles. The van der Waals surface area contributed by atoms with Crippen LogP contribution in [0.3, 0.4) is 0 Å². The number of rotatable bonds is 2. The van der Waals surface area contributed by atoms with Crippen LogP contribution >= 0.6 is 15.9 Å². The maximum absolute atomic E-state index is 12.7. The zero-order chi connectivity index (χ0) is 14.9. The van der Waals surface area contributed by atoms with E-state index >= 15 is 0 Å². The first-order chi connectivity index (χ1) is 9.29. The van der Waals surface area contributed by atoms with Crippen molar-refractivity contribution in [2.45, 2.75) is 19.1 Å². The molecule has 0 fully saturated rings. The summed E-state index contributed by atoms with van der Waals surface area (Å²) < 4.78 is 39.0. The predicted molar refractivity (Wildman–Crippen MR) is 76.4 cm³/mol. The molecule has 0 aliphatic carbocycles. The maximum atomic E-state index is 12.7. The van der Waals surface area contributed by atoms with Gasteiger partial charge < -0.3 is 5.73 Å². The third-order valence-corrected chi connectivity index (χ3v) is 3.78. The second-order valence-electron chi connectivity index (χ2n) is 4.63. The van der Waals surface area contributed by atoms with E-state index in [1.165, 1.54) is 6.07 Å². The molecule has 1 unspecified atom stereocenters. The molecule has 0 heterocycles. The fourth-order valence-corrected chi connectivity index (χ4v) is 2.48. The average Bonchev–Trinajstić information content (AvgIpc) is 2.40. The molecule has 0 aliphatic heterocycles. The third kappa shape index (κ3) is 3.22. The fourth-order valence-electron chi connectivity index (χ4n) is 1.99. The lowest BCUT2D eigenvalue weighted by Crippen LogP contribution is -2.14. The minimum Gasteiger partial charge on any atom is -0.320 e. The lowest BCUT2D eigenvalue weighted by Gasteiger charge is -2.17. The highest BCUT2D eigenvalue weighted by atomic mass is 79.9. The van der Waals surface area contributed by atoms with Gasteiger partial charge in [0.25, 0.3) is 0 Å². The summed E-state index contributed by atoms with van der Waals surface area (Å²) in [5.74, 6) is 0. The Morgan fingerprint density at radius 3 is 2.45 bits per heavy atom. The fraction of sp³-hybridized carbons (Fsp3) is 0.200. The van der Waals surface area contributed by atoms with Gasteiger partial charge in [-0.2, -0.15) is 13.2 Å². The second-order valence-corrected chi connectivity index (χ2v) is 5.48. The Labute approximate surface area is 123 Å². The van der Waals surface area contributed by atoms with Crippen molar-refractivity contribution in [1.82, 2.24) is 0 Å². The topological polar surface area (TPSA) is 26.0 Å². The summed E-state index contributed by atoms with van der Waals surface area (Å²) in [5, 5.41) is 0. The summed E-state index contributed by atoms with van der Waals surface area (Å²) in [6.45, 7) is 1.91. The smallest absolute Gasteiger partial charge is 0.320 e. The van der Waals surface area contributed by atoms with Gasteiger partial charge in [-0.3, -0.25) is 0 Å². The van der Waals surface area contributed by atoms with E-state index in [2.05, 4.69) is 15.9 Å². The summed E-state index contributed by atoms with van der Waals surface area (Å²) in [5.41, 5.74) is 7.62. The van der Waals surface area contributed by atoms with E-state index in [-0.39, 0.29) is 0 Å². The quantitative estimate of drug-likeness (QED) is 0.830. The molecule has 0 saturated heterocycles. The van der Waals surface area contributed by atoms with Gasteiger partial charge in [0.05, 0.1) is 11.6 Å². The van der Waals surface area contributed by atoms with E-state index in [4.69, 9.17) is 5.73 Å². The van der Waals surface area contributed by atoms with Crippen LogP contribution in [0.4, 0.5) is 13.2 Å². The molecule has 2 N–H and O–H groups in total. The number of benzene rings is 2. The van der Waals surface area contributed by atoms with Crippen LogP contribution in [-0.2, 0) is 6.18 Å². The van der Waals surface area contributed by atoms with Gasteiger partial charge in [-0.1, -0.05) is 45.8 Å². The van der Waals surface area contributed by atoms with Crippen molar-refractivity contribution in [3.8, 4) is 0 Å². The SMILES string of the molecule is Cc1ccc(Br)c(C(N)c2cccc(C(F)(F)F)c2)c1. The predicted octanol–water partition coefficient (Wildman–Crippen LogP) is 4.82. The van der Waals surface area contributed by atoms with Crippen LogP contribution in [-0.4, -0.2) is 0 Å². The van der Waals surface area contributed by atoms with Crippen LogP contribution in [0.2, 0.25) is 0 Å². The molecule has 1 atom stereocenters. The Morgan fingerprint density at radius 2 is 1.80 bits per heavy atom. The Bertz CT molecular complexity index is 623. The van der Waals surface area contributed by atoms with E-state index in [1.807, 2.05) is 25.1 Å². The first kappa shape index (κ1) is 15.1. The molecule has 20 heavy (non-hydrogen) atoms. The standard InChI is InChI=1S/C15H13BrF3N/c1-9-5-6-13(16)12(7-9)14(20)10-3-2-4-11(8-10)15(17,18)19/h2-8,14H,20H2,1H3. The number of halogens is 4. The molecule has 0 amide bonds. The van der Waals surface area contributed by atoms with Crippen molar-refractivity contribution in [3.05, 3.63) is 69.2 Å². The van der Waals surface area contributed by atoms with Gasteiger partial charge in [-0.25, -0.2) is 0 Å². The van der Waals surface area contributed by atoms with E-state index < -0.39 is 17.8 Å². The van der Waals surface area contributed by atoms with Crippen molar-refractivity contribution >= 4 is 15.9 Å². The molecule has 106 valence electrons. The monoisotopic (exact) mass is 343 g/mol. The molecule has 5 heteroatoms. The van der Waals surface area contributed by atoms with Gasteiger partial charge in [-0.05, 0) is 36.2 Å². The molecule has 2 rings (SSSR count). The molecule has 0 aliphatic rings. The van der Waals surface area contributed by atoms with Crippen LogP contribution in [0.15, 0.2) is 46.9 Å². The molecule has 0 aromatic heterocycles. The zero-order valence-electron chi connectivity index (χ0n) is 10.7. The van der Waals surface area contributed by atoms with Crippen molar-refractivity contribution in [2.75, 3.05) is 0 Å². The van der Waals surface area contributed by atoms with Gasteiger partial charge in [0.15, 0.2) is 0 Å². The molecule has 0 radical (unpaired) electrons. The van der Waals surface area contributed by atoms with E-state index in [1.54, 1.807) is 6.07 Å². The van der Waals surface area contributed by atoms with Crippen LogP contribution in [0.1, 0.15) is 28.3 Å². The number of hydrogen-bond donors (Lipinski definition) is 1. The normalized spacial score (nSPS) is 13.3. The van der Waals surface area contributed by atoms with Gasteiger partial charge in [0, 0.05) is 4.47 Å². The van der Waals surface area contributed by atoms with Gasteiger partial charge in [-0.15, -0.1) is 0 Å². The van der Waals surface area contributed by atoms with Crippen LogP contribution in [0.5, 0.6) is 0 Å². The number of aryl methyl sites for hydroxylation is 1. The van der Waals surface area contributed by atoms with Gasteiger partial charge >= 0.3 is 6.18 Å². The summed E-state index contributed by atoms with van der Waals surface area (Å²) in [7, 11) is 0. The van der Waals surface area contributed by atoms with Crippen LogP contribution in [0, 0.1) is 6.92 Å².